The van der Waals surface area contributed by atoms with Crippen LogP contribution in [0.3, 0.4) is 0 Å². The number of aryl methyl sites for hydroxylation is 1. The summed E-state index contributed by atoms with van der Waals surface area (Å²) in [7, 11) is 0. The van der Waals surface area contributed by atoms with E-state index in [9.17, 15) is 4.79 Å². The van der Waals surface area contributed by atoms with Crippen molar-refractivity contribution in [2.24, 2.45) is 0 Å². The van der Waals surface area contributed by atoms with Crippen LogP contribution in [0, 0.1) is 6.92 Å². The van der Waals surface area contributed by atoms with Gasteiger partial charge in [-0.2, -0.15) is 0 Å². The number of carbonyl (C=O) groups is 1. The van der Waals surface area contributed by atoms with Crippen molar-refractivity contribution in [1.82, 2.24) is 19.9 Å². The minimum Gasteiger partial charge on any atom is -0.357 e. The number of H-pyrrole nitrogens is 1. The van der Waals surface area contributed by atoms with Gasteiger partial charge in [-0.3, -0.25) is 4.79 Å². The van der Waals surface area contributed by atoms with E-state index in [2.05, 4.69) is 19.9 Å². The third-order valence-electron chi connectivity index (χ3n) is 5.01. The zero-order valence-corrected chi connectivity index (χ0v) is 14.0. The van der Waals surface area contributed by atoms with Crippen molar-refractivity contribution in [2.75, 3.05) is 31.1 Å². The summed E-state index contributed by atoms with van der Waals surface area (Å²) in [5.41, 5.74) is 1.81. The number of imidazole rings is 1. The lowest BCUT2D eigenvalue weighted by Crippen LogP contribution is -2.29. The Labute approximate surface area is 141 Å². The summed E-state index contributed by atoms with van der Waals surface area (Å²) in [6, 6.07) is 3.77. The van der Waals surface area contributed by atoms with Crippen LogP contribution in [-0.4, -0.2) is 51.9 Å². The Morgan fingerprint density at radius 1 is 1.25 bits per heavy atom. The van der Waals surface area contributed by atoms with E-state index in [1.807, 2.05) is 30.2 Å². The molecule has 2 saturated heterocycles. The zero-order valence-electron chi connectivity index (χ0n) is 14.0. The van der Waals surface area contributed by atoms with E-state index in [1.165, 1.54) is 12.8 Å². The predicted molar refractivity (Wildman–Crippen MR) is 92.3 cm³/mol. The van der Waals surface area contributed by atoms with Crippen molar-refractivity contribution < 1.29 is 4.79 Å². The number of nitrogens with one attached hydrogen (secondary N) is 1. The Balaban J connectivity index is 1.47. The zero-order chi connectivity index (χ0) is 16.5. The van der Waals surface area contributed by atoms with Crippen LogP contribution in [0.1, 0.15) is 47.1 Å². The van der Waals surface area contributed by atoms with Gasteiger partial charge in [0.1, 0.15) is 11.6 Å². The highest BCUT2D eigenvalue weighted by molar-refractivity contribution is 5.95. The second-order valence-electron chi connectivity index (χ2n) is 6.79. The Bertz CT molecular complexity index is 735. The minimum absolute atomic E-state index is 0.101. The SMILES string of the molecule is Cc1cnc([C@@H]2CCN(C(=O)c3ccnc(N4CCCC4)c3)C2)[nH]1. The van der Waals surface area contributed by atoms with Crippen molar-refractivity contribution >= 4 is 11.7 Å². The maximum Gasteiger partial charge on any atom is 0.254 e. The molecule has 0 saturated carbocycles. The predicted octanol–water partition coefficient (Wildman–Crippen LogP) is 2.34. The standard InChI is InChI=1S/C18H23N5O/c1-13-11-20-17(21-13)15-5-9-23(12-15)18(24)14-4-6-19-16(10-14)22-7-2-3-8-22/h4,6,10-11,15H,2-3,5,7-9,12H2,1H3,(H,20,21)/t15-/m1/s1. The number of nitrogens with zero attached hydrogens (tertiary/aromatic N) is 4. The number of rotatable bonds is 3. The number of pyridine rings is 1. The lowest BCUT2D eigenvalue weighted by molar-refractivity contribution is 0.0790. The molecule has 2 fully saturated rings. The quantitative estimate of drug-likeness (QED) is 0.941. The number of carbonyl (C=O) groups excluding carboxylic acids is 1. The normalized spacial score (nSPS) is 20.8. The molecule has 4 heterocycles. The highest BCUT2D eigenvalue weighted by atomic mass is 16.2. The first-order chi connectivity index (χ1) is 11.7. The first-order valence-electron chi connectivity index (χ1n) is 8.72. The molecule has 0 bridgehead atoms. The summed E-state index contributed by atoms with van der Waals surface area (Å²) in [6.45, 7) is 5.59. The highest BCUT2D eigenvalue weighted by Gasteiger charge is 2.30. The molecule has 0 aromatic carbocycles. The van der Waals surface area contributed by atoms with Crippen molar-refractivity contribution in [2.45, 2.75) is 32.1 Å². The molecule has 6 heteroatoms. The molecule has 1 atom stereocenters. The fourth-order valence-electron chi connectivity index (χ4n) is 3.66. The van der Waals surface area contributed by atoms with Crippen LogP contribution in [0.2, 0.25) is 0 Å². The van der Waals surface area contributed by atoms with Crippen molar-refractivity contribution in [1.29, 1.82) is 0 Å². The van der Waals surface area contributed by atoms with E-state index < -0.39 is 0 Å². The van der Waals surface area contributed by atoms with Gasteiger partial charge in [0.15, 0.2) is 0 Å². The third-order valence-corrected chi connectivity index (χ3v) is 5.01. The summed E-state index contributed by atoms with van der Waals surface area (Å²) in [5.74, 6) is 2.33. The molecule has 2 aliphatic rings. The maximum absolute atomic E-state index is 12.8. The van der Waals surface area contributed by atoms with Crippen LogP contribution in [0.4, 0.5) is 5.82 Å². The van der Waals surface area contributed by atoms with Gasteiger partial charge in [-0.15, -0.1) is 0 Å². The molecule has 1 amide bonds. The maximum atomic E-state index is 12.8. The molecule has 2 aromatic heterocycles. The molecule has 1 N–H and O–H groups in total. The van der Waals surface area contributed by atoms with E-state index in [-0.39, 0.29) is 5.91 Å². The summed E-state index contributed by atoms with van der Waals surface area (Å²) < 4.78 is 0. The molecule has 6 nitrogen and oxygen atoms in total. The third kappa shape index (κ3) is 2.88. The Hall–Kier alpha value is -2.37. The Morgan fingerprint density at radius 2 is 2.08 bits per heavy atom. The van der Waals surface area contributed by atoms with Crippen LogP contribution in [0.25, 0.3) is 0 Å². The lowest BCUT2D eigenvalue weighted by atomic mass is 10.1. The molecule has 0 unspecified atom stereocenters. The number of hydrogen-bond donors (Lipinski definition) is 1. The monoisotopic (exact) mass is 325 g/mol. The van der Waals surface area contributed by atoms with Crippen LogP contribution >= 0.6 is 0 Å². The van der Waals surface area contributed by atoms with Gasteiger partial charge in [-0.25, -0.2) is 9.97 Å². The molecular formula is C18H23N5O. The average Bonchev–Trinajstić information content (AvgIpc) is 3.35. The molecule has 0 aliphatic carbocycles. The molecule has 2 aromatic rings. The number of amides is 1. The van der Waals surface area contributed by atoms with Crippen LogP contribution in [-0.2, 0) is 0 Å². The van der Waals surface area contributed by atoms with Crippen molar-refractivity contribution in [3.63, 3.8) is 0 Å². The van der Waals surface area contributed by atoms with E-state index in [1.54, 1.807) is 6.20 Å². The van der Waals surface area contributed by atoms with E-state index in [0.717, 1.165) is 55.5 Å². The van der Waals surface area contributed by atoms with Gasteiger partial charge in [-0.05, 0) is 38.3 Å². The fourth-order valence-corrected chi connectivity index (χ4v) is 3.66. The fraction of sp³-hybridized carbons (Fsp3) is 0.500. The van der Waals surface area contributed by atoms with E-state index in [0.29, 0.717) is 5.92 Å². The first kappa shape index (κ1) is 15.2. The van der Waals surface area contributed by atoms with Gasteiger partial charge in [0, 0.05) is 55.7 Å². The minimum atomic E-state index is 0.101. The molecule has 0 spiro atoms. The van der Waals surface area contributed by atoms with Gasteiger partial charge in [0.2, 0.25) is 0 Å². The van der Waals surface area contributed by atoms with E-state index in [4.69, 9.17) is 0 Å². The lowest BCUT2D eigenvalue weighted by Gasteiger charge is -2.19. The molecule has 2 aliphatic heterocycles. The first-order valence-corrected chi connectivity index (χ1v) is 8.72. The van der Waals surface area contributed by atoms with Gasteiger partial charge < -0.3 is 14.8 Å². The van der Waals surface area contributed by atoms with Crippen molar-refractivity contribution in [3.8, 4) is 0 Å². The largest absolute Gasteiger partial charge is 0.357 e. The number of hydrogen-bond acceptors (Lipinski definition) is 4. The van der Waals surface area contributed by atoms with E-state index >= 15 is 0 Å². The van der Waals surface area contributed by atoms with Crippen molar-refractivity contribution in [3.05, 3.63) is 41.6 Å². The van der Waals surface area contributed by atoms with Crippen LogP contribution in [0.5, 0.6) is 0 Å². The topological polar surface area (TPSA) is 65.1 Å². The summed E-state index contributed by atoms with van der Waals surface area (Å²) in [6.07, 6.45) is 6.98. The molecule has 24 heavy (non-hydrogen) atoms. The van der Waals surface area contributed by atoms with Gasteiger partial charge in [0.05, 0.1) is 0 Å². The molecule has 4 rings (SSSR count). The summed E-state index contributed by atoms with van der Waals surface area (Å²) in [5, 5.41) is 0. The van der Waals surface area contributed by atoms with Gasteiger partial charge in [-0.1, -0.05) is 0 Å². The number of aromatic nitrogens is 3. The second-order valence-corrected chi connectivity index (χ2v) is 6.79. The van der Waals surface area contributed by atoms with Gasteiger partial charge >= 0.3 is 0 Å². The average molecular weight is 325 g/mol. The molecular weight excluding hydrogens is 302 g/mol. The molecule has 0 radical (unpaired) electrons. The van der Waals surface area contributed by atoms with Crippen LogP contribution < -0.4 is 4.90 Å². The summed E-state index contributed by atoms with van der Waals surface area (Å²) >= 11 is 0. The Kier molecular flexibility index (Phi) is 3.96. The second kappa shape index (κ2) is 6.26. The number of likely N-dealkylation sites (tertiary alicyclic amines) is 1. The summed E-state index contributed by atoms with van der Waals surface area (Å²) in [4.78, 5) is 29.2. The van der Waals surface area contributed by atoms with Gasteiger partial charge in [0.25, 0.3) is 5.91 Å². The number of aromatic amines is 1. The Morgan fingerprint density at radius 3 is 2.83 bits per heavy atom. The highest BCUT2D eigenvalue weighted by Crippen LogP contribution is 2.27. The molecule has 126 valence electrons. The number of anilines is 1. The van der Waals surface area contributed by atoms with Crippen LogP contribution in [0.15, 0.2) is 24.5 Å². The smallest absolute Gasteiger partial charge is 0.254 e.